The van der Waals surface area contributed by atoms with Crippen molar-refractivity contribution in [3.05, 3.63) is 23.8 Å². The second-order valence-corrected chi connectivity index (χ2v) is 2.93. The van der Waals surface area contributed by atoms with Gasteiger partial charge in [-0.3, -0.25) is 14.8 Å². The summed E-state index contributed by atoms with van der Waals surface area (Å²) in [4.78, 5) is 19.1. The lowest BCUT2D eigenvalue weighted by atomic mass is 10.4. The topological polar surface area (TPSA) is 66.9 Å². The maximum Gasteiger partial charge on any atom is 0.233 e. The Labute approximate surface area is 83.0 Å². The highest BCUT2D eigenvalue weighted by molar-refractivity contribution is 5.77. The first-order valence-electron chi connectivity index (χ1n) is 4.41. The van der Waals surface area contributed by atoms with Crippen LogP contribution in [0.5, 0.6) is 0 Å². The zero-order valence-electron chi connectivity index (χ0n) is 8.37. The lowest BCUT2D eigenvalue weighted by molar-refractivity contribution is -0.119. The van der Waals surface area contributed by atoms with E-state index >= 15 is 0 Å². The zero-order chi connectivity index (χ0) is 10.4. The molecule has 0 atom stereocenters. The van der Waals surface area contributed by atoms with Gasteiger partial charge in [0.1, 0.15) is 0 Å². The number of hydrogen-bond donors (Lipinski definition) is 2. The van der Waals surface area contributed by atoms with Gasteiger partial charge in [-0.2, -0.15) is 0 Å². The smallest absolute Gasteiger partial charge is 0.233 e. The van der Waals surface area contributed by atoms with Gasteiger partial charge in [-0.05, 0) is 6.92 Å². The summed E-state index contributed by atoms with van der Waals surface area (Å²) in [5, 5.41) is 5.48. The standard InChI is InChI=1S/C9H14N4O/c1-7-3-13-8(5-12-7)4-11-6-9(14)10-2/h3,5,11H,4,6H2,1-2H3,(H,10,14). The van der Waals surface area contributed by atoms with E-state index in [4.69, 9.17) is 0 Å². The summed E-state index contributed by atoms with van der Waals surface area (Å²) in [5.74, 6) is -0.0370. The van der Waals surface area contributed by atoms with E-state index in [1.54, 1.807) is 19.4 Å². The number of nitrogens with one attached hydrogen (secondary N) is 2. The van der Waals surface area contributed by atoms with Crippen LogP contribution in [-0.2, 0) is 11.3 Å². The van der Waals surface area contributed by atoms with Gasteiger partial charge in [0.25, 0.3) is 0 Å². The SMILES string of the molecule is CNC(=O)CNCc1cnc(C)cn1. The molecule has 0 bridgehead atoms. The van der Waals surface area contributed by atoms with Gasteiger partial charge in [-0.1, -0.05) is 0 Å². The molecule has 14 heavy (non-hydrogen) atoms. The first-order valence-corrected chi connectivity index (χ1v) is 4.41. The fourth-order valence-electron chi connectivity index (χ4n) is 0.903. The van der Waals surface area contributed by atoms with Crippen LogP contribution < -0.4 is 10.6 Å². The van der Waals surface area contributed by atoms with Gasteiger partial charge in [-0.15, -0.1) is 0 Å². The molecule has 0 unspecified atom stereocenters. The van der Waals surface area contributed by atoms with E-state index in [9.17, 15) is 4.79 Å². The van der Waals surface area contributed by atoms with Gasteiger partial charge in [0.15, 0.2) is 0 Å². The number of likely N-dealkylation sites (N-methyl/N-ethyl adjacent to an activating group) is 1. The first-order chi connectivity index (χ1) is 6.72. The highest BCUT2D eigenvalue weighted by atomic mass is 16.1. The summed E-state index contributed by atoms with van der Waals surface area (Å²) < 4.78 is 0. The normalized spacial score (nSPS) is 9.86. The number of carbonyl (C=O) groups excluding carboxylic acids is 1. The van der Waals surface area contributed by atoms with E-state index < -0.39 is 0 Å². The molecule has 0 aliphatic heterocycles. The van der Waals surface area contributed by atoms with Crippen LogP contribution in [0.1, 0.15) is 11.4 Å². The number of hydrogen-bond acceptors (Lipinski definition) is 4. The summed E-state index contributed by atoms with van der Waals surface area (Å²) in [6.07, 6.45) is 3.41. The van der Waals surface area contributed by atoms with Crippen molar-refractivity contribution < 1.29 is 4.79 Å². The molecule has 0 aliphatic rings. The molecule has 1 aromatic heterocycles. The minimum atomic E-state index is -0.0370. The van der Waals surface area contributed by atoms with Crippen molar-refractivity contribution >= 4 is 5.91 Å². The molecule has 0 spiro atoms. The predicted molar refractivity (Wildman–Crippen MR) is 52.5 cm³/mol. The highest BCUT2D eigenvalue weighted by Gasteiger charge is 1.98. The molecule has 0 fully saturated rings. The average Bonchev–Trinajstić information content (AvgIpc) is 2.21. The largest absolute Gasteiger partial charge is 0.358 e. The van der Waals surface area contributed by atoms with Crippen LogP contribution in [0, 0.1) is 6.92 Å². The van der Waals surface area contributed by atoms with E-state index in [1.165, 1.54) is 0 Å². The van der Waals surface area contributed by atoms with Crippen molar-refractivity contribution in [2.24, 2.45) is 0 Å². The van der Waals surface area contributed by atoms with E-state index in [-0.39, 0.29) is 5.91 Å². The monoisotopic (exact) mass is 194 g/mol. The summed E-state index contributed by atoms with van der Waals surface area (Å²) in [5.41, 5.74) is 1.72. The van der Waals surface area contributed by atoms with Crippen LogP contribution in [0.15, 0.2) is 12.4 Å². The van der Waals surface area contributed by atoms with E-state index in [2.05, 4.69) is 20.6 Å². The molecule has 0 aliphatic carbocycles. The third-order valence-electron chi connectivity index (χ3n) is 1.70. The molecule has 5 nitrogen and oxygen atoms in total. The van der Waals surface area contributed by atoms with Crippen molar-refractivity contribution in [3.8, 4) is 0 Å². The number of aromatic nitrogens is 2. The van der Waals surface area contributed by atoms with Gasteiger partial charge in [0.05, 0.1) is 17.9 Å². The fraction of sp³-hybridized carbons (Fsp3) is 0.444. The molecule has 0 radical (unpaired) electrons. The van der Waals surface area contributed by atoms with Crippen molar-refractivity contribution in [1.82, 2.24) is 20.6 Å². The van der Waals surface area contributed by atoms with Crippen LogP contribution in [0.2, 0.25) is 0 Å². The number of nitrogens with zero attached hydrogens (tertiary/aromatic N) is 2. The summed E-state index contributed by atoms with van der Waals surface area (Å²) in [6.45, 7) is 2.74. The summed E-state index contributed by atoms with van der Waals surface area (Å²) >= 11 is 0. The summed E-state index contributed by atoms with van der Waals surface area (Å²) in [6, 6.07) is 0. The van der Waals surface area contributed by atoms with Gasteiger partial charge < -0.3 is 10.6 Å². The Balaban J connectivity index is 2.31. The lowest BCUT2D eigenvalue weighted by Crippen LogP contribution is -2.31. The third kappa shape index (κ3) is 3.49. The van der Waals surface area contributed by atoms with E-state index in [0.717, 1.165) is 11.4 Å². The number of rotatable bonds is 4. The molecule has 2 N–H and O–H groups in total. The zero-order valence-corrected chi connectivity index (χ0v) is 8.37. The van der Waals surface area contributed by atoms with Crippen LogP contribution in [0.4, 0.5) is 0 Å². The molecular weight excluding hydrogens is 180 g/mol. The molecule has 1 aromatic rings. The van der Waals surface area contributed by atoms with E-state index in [0.29, 0.717) is 13.1 Å². The second kappa shape index (κ2) is 5.29. The minimum absolute atomic E-state index is 0.0370. The number of aryl methyl sites for hydroxylation is 1. The van der Waals surface area contributed by atoms with Crippen molar-refractivity contribution in [2.45, 2.75) is 13.5 Å². The molecule has 0 saturated heterocycles. The average molecular weight is 194 g/mol. The van der Waals surface area contributed by atoms with E-state index in [1.807, 2.05) is 6.92 Å². The van der Waals surface area contributed by atoms with Crippen LogP contribution >= 0.6 is 0 Å². The first kappa shape index (κ1) is 10.6. The Kier molecular flexibility index (Phi) is 4.00. The van der Waals surface area contributed by atoms with Gasteiger partial charge in [-0.25, -0.2) is 0 Å². The van der Waals surface area contributed by atoms with Crippen LogP contribution in [-0.4, -0.2) is 29.5 Å². The Hall–Kier alpha value is -1.49. The van der Waals surface area contributed by atoms with Crippen molar-refractivity contribution in [3.63, 3.8) is 0 Å². The fourth-order valence-corrected chi connectivity index (χ4v) is 0.903. The Bertz CT molecular complexity index is 296. The van der Waals surface area contributed by atoms with Crippen molar-refractivity contribution in [2.75, 3.05) is 13.6 Å². The molecule has 0 aromatic carbocycles. The molecule has 1 rings (SSSR count). The maximum atomic E-state index is 10.8. The van der Waals surface area contributed by atoms with Crippen LogP contribution in [0.25, 0.3) is 0 Å². The predicted octanol–water partition coefficient (Wildman–Crippen LogP) is -0.379. The van der Waals surface area contributed by atoms with Gasteiger partial charge >= 0.3 is 0 Å². The maximum absolute atomic E-state index is 10.8. The molecular formula is C9H14N4O. The minimum Gasteiger partial charge on any atom is -0.358 e. The number of carbonyl (C=O) groups is 1. The molecule has 5 heteroatoms. The molecule has 76 valence electrons. The Morgan fingerprint density at radius 3 is 2.79 bits per heavy atom. The van der Waals surface area contributed by atoms with Crippen LogP contribution in [0.3, 0.4) is 0 Å². The van der Waals surface area contributed by atoms with Gasteiger partial charge in [0.2, 0.25) is 5.91 Å². The Morgan fingerprint density at radius 2 is 2.21 bits per heavy atom. The van der Waals surface area contributed by atoms with Crippen molar-refractivity contribution in [1.29, 1.82) is 0 Å². The van der Waals surface area contributed by atoms with Gasteiger partial charge in [0, 0.05) is 26.0 Å². The number of amides is 1. The quantitative estimate of drug-likeness (QED) is 0.685. The molecule has 0 saturated carbocycles. The highest BCUT2D eigenvalue weighted by Crippen LogP contribution is 1.92. The summed E-state index contributed by atoms with van der Waals surface area (Å²) in [7, 11) is 1.61. The lowest BCUT2D eigenvalue weighted by Gasteiger charge is -2.02. The Morgan fingerprint density at radius 1 is 1.43 bits per heavy atom. The second-order valence-electron chi connectivity index (χ2n) is 2.93. The molecule has 1 amide bonds. The molecule has 1 heterocycles. The third-order valence-corrected chi connectivity index (χ3v) is 1.70.